The second kappa shape index (κ2) is 6.05. The van der Waals surface area contributed by atoms with Crippen LogP contribution >= 0.6 is 0 Å². The zero-order valence-corrected chi connectivity index (χ0v) is 11.8. The summed E-state index contributed by atoms with van der Waals surface area (Å²) in [4.78, 5) is 27.4. The first-order valence-corrected chi connectivity index (χ1v) is 6.77. The molecule has 5 heteroatoms. The van der Waals surface area contributed by atoms with Crippen molar-refractivity contribution in [2.45, 2.75) is 25.4 Å². The van der Waals surface area contributed by atoms with Crippen LogP contribution in [-0.2, 0) is 4.79 Å². The second-order valence-electron chi connectivity index (χ2n) is 5.36. The number of carboxylic acid groups (broad SMARTS) is 1. The molecule has 108 valence electrons. The number of carboxylic acids is 1. The lowest BCUT2D eigenvalue weighted by molar-refractivity contribution is -0.138. The highest BCUT2D eigenvalue weighted by molar-refractivity contribution is 5.94. The minimum absolute atomic E-state index is 0.0182. The molecule has 1 fully saturated rings. The maximum absolute atomic E-state index is 12.6. The third kappa shape index (κ3) is 3.17. The Labute approximate surface area is 118 Å². The molecule has 0 aliphatic carbocycles. The molecule has 1 heterocycles. The van der Waals surface area contributed by atoms with Crippen LogP contribution < -0.4 is 0 Å². The Hall–Kier alpha value is -1.88. The maximum Gasteiger partial charge on any atom is 0.305 e. The minimum atomic E-state index is -0.871. The molecule has 2 rings (SSSR count). The quantitative estimate of drug-likeness (QED) is 0.904. The number of likely N-dealkylation sites (N-methyl/N-ethyl adjacent to an activating group) is 1. The van der Waals surface area contributed by atoms with Gasteiger partial charge in [-0.3, -0.25) is 14.5 Å². The summed E-state index contributed by atoms with van der Waals surface area (Å²) >= 11 is 0. The Balaban J connectivity index is 2.21. The Morgan fingerprint density at radius 3 is 2.50 bits per heavy atom. The van der Waals surface area contributed by atoms with Crippen molar-refractivity contribution in [3.05, 3.63) is 35.9 Å². The van der Waals surface area contributed by atoms with Gasteiger partial charge in [-0.05, 0) is 26.1 Å². The first kappa shape index (κ1) is 14.5. The van der Waals surface area contributed by atoms with Crippen LogP contribution in [0.1, 0.15) is 23.7 Å². The van der Waals surface area contributed by atoms with E-state index in [0.717, 1.165) is 0 Å². The molecule has 2 atom stereocenters. The molecule has 1 amide bonds. The van der Waals surface area contributed by atoms with E-state index in [1.54, 1.807) is 17.0 Å². The van der Waals surface area contributed by atoms with Crippen LogP contribution in [0.25, 0.3) is 0 Å². The highest BCUT2D eigenvalue weighted by Crippen LogP contribution is 2.19. The highest BCUT2D eigenvalue weighted by Gasteiger charge is 2.34. The molecule has 0 radical (unpaired) electrons. The molecule has 1 aliphatic heterocycles. The number of rotatable bonds is 3. The van der Waals surface area contributed by atoms with Crippen molar-refractivity contribution >= 4 is 11.9 Å². The van der Waals surface area contributed by atoms with Crippen molar-refractivity contribution in [2.24, 2.45) is 0 Å². The Morgan fingerprint density at radius 2 is 1.90 bits per heavy atom. The number of hydrogen-bond donors (Lipinski definition) is 1. The van der Waals surface area contributed by atoms with Crippen molar-refractivity contribution in [3.63, 3.8) is 0 Å². The molecular formula is C15H20N2O3. The Morgan fingerprint density at radius 1 is 1.25 bits per heavy atom. The zero-order valence-electron chi connectivity index (χ0n) is 11.8. The van der Waals surface area contributed by atoms with E-state index in [1.807, 2.05) is 32.2 Å². The number of hydrogen-bond acceptors (Lipinski definition) is 3. The van der Waals surface area contributed by atoms with Crippen LogP contribution in [0.3, 0.4) is 0 Å². The summed E-state index contributed by atoms with van der Waals surface area (Å²) in [5.41, 5.74) is 0.611. The lowest BCUT2D eigenvalue weighted by Gasteiger charge is -2.43. The van der Waals surface area contributed by atoms with Gasteiger partial charge in [0.2, 0.25) is 0 Å². The standard InChI is InChI=1S/C15H20N2O3/c1-11-9-17(13(8-14(18)19)10-16(11)2)15(20)12-6-4-3-5-7-12/h3-7,11,13H,8-10H2,1-2H3,(H,18,19)/t11-,13-/m1/s1. The fourth-order valence-electron chi connectivity index (χ4n) is 2.56. The van der Waals surface area contributed by atoms with E-state index >= 15 is 0 Å². The van der Waals surface area contributed by atoms with Gasteiger partial charge in [0.05, 0.1) is 12.5 Å². The van der Waals surface area contributed by atoms with Crippen molar-refractivity contribution in [2.75, 3.05) is 20.1 Å². The number of aliphatic carboxylic acids is 1. The van der Waals surface area contributed by atoms with Gasteiger partial charge in [-0.25, -0.2) is 0 Å². The summed E-state index contributed by atoms with van der Waals surface area (Å²) in [6, 6.07) is 8.98. The van der Waals surface area contributed by atoms with Gasteiger partial charge in [-0.15, -0.1) is 0 Å². The Kier molecular flexibility index (Phi) is 4.39. The molecule has 1 aliphatic rings. The molecule has 0 unspecified atom stereocenters. The topological polar surface area (TPSA) is 60.9 Å². The molecule has 0 saturated carbocycles. The molecule has 5 nitrogen and oxygen atoms in total. The lowest BCUT2D eigenvalue weighted by atomic mass is 10.0. The van der Waals surface area contributed by atoms with Gasteiger partial charge < -0.3 is 10.0 Å². The van der Waals surface area contributed by atoms with Crippen LogP contribution in [0, 0.1) is 0 Å². The third-order valence-electron chi connectivity index (χ3n) is 3.84. The van der Waals surface area contributed by atoms with Crippen molar-refractivity contribution in [3.8, 4) is 0 Å². The summed E-state index contributed by atoms with van der Waals surface area (Å²) in [5, 5.41) is 9.03. The average molecular weight is 276 g/mol. The zero-order chi connectivity index (χ0) is 14.7. The second-order valence-corrected chi connectivity index (χ2v) is 5.36. The molecule has 1 saturated heterocycles. The molecule has 0 bridgehead atoms. The van der Waals surface area contributed by atoms with E-state index in [4.69, 9.17) is 5.11 Å². The first-order chi connectivity index (χ1) is 9.49. The van der Waals surface area contributed by atoms with Crippen molar-refractivity contribution < 1.29 is 14.7 Å². The molecule has 0 aromatic heterocycles. The van der Waals surface area contributed by atoms with Crippen molar-refractivity contribution in [1.82, 2.24) is 9.80 Å². The number of amides is 1. The van der Waals surface area contributed by atoms with Crippen LogP contribution in [0.2, 0.25) is 0 Å². The van der Waals surface area contributed by atoms with Gasteiger partial charge in [0, 0.05) is 24.7 Å². The van der Waals surface area contributed by atoms with Gasteiger partial charge in [0.15, 0.2) is 0 Å². The third-order valence-corrected chi connectivity index (χ3v) is 3.84. The van der Waals surface area contributed by atoms with E-state index < -0.39 is 5.97 Å². The average Bonchev–Trinajstić information content (AvgIpc) is 2.42. The van der Waals surface area contributed by atoms with Gasteiger partial charge in [0.25, 0.3) is 5.91 Å². The summed E-state index contributed by atoms with van der Waals surface area (Å²) in [5.74, 6) is -0.958. The van der Waals surface area contributed by atoms with Crippen LogP contribution in [0.5, 0.6) is 0 Å². The van der Waals surface area contributed by atoms with Gasteiger partial charge in [0.1, 0.15) is 0 Å². The lowest BCUT2D eigenvalue weighted by Crippen LogP contribution is -2.58. The number of benzene rings is 1. The molecule has 1 aromatic carbocycles. The van der Waals surface area contributed by atoms with E-state index in [-0.39, 0.29) is 24.4 Å². The fourth-order valence-corrected chi connectivity index (χ4v) is 2.56. The fraction of sp³-hybridized carbons (Fsp3) is 0.467. The largest absolute Gasteiger partial charge is 0.481 e. The van der Waals surface area contributed by atoms with Gasteiger partial charge in [-0.1, -0.05) is 18.2 Å². The summed E-state index contributed by atoms with van der Waals surface area (Å²) in [6.07, 6.45) is -0.0182. The normalized spacial score (nSPS) is 23.6. The SMILES string of the molecule is C[C@@H]1CN(C(=O)c2ccccc2)[C@H](CC(=O)O)CN1C. The predicted octanol–water partition coefficient (Wildman–Crippen LogP) is 1.31. The van der Waals surface area contributed by atoms with E-state index in [0.29, 0.717) is 18.7 Å². The molecule has 0 spiro atoms. The molecular weight excluding hydrogens is 256 g/mol. The van der Waals surface area contributed by atoms with E-state index in [9.17, 15) is 9.59 Å². The summed E-state index contributed by atoms with van der Waals surface area (Å²) < 4.78 is 0. The molecule has 1 aromatic rings. The summed E-state index contributed by atoms with van der Waals surface area (Å²) in [6.45, 7) is 3.19. The van der Waals surface area contributed by atoms with Gasteiger partial charge in [-0.2, -0.15) is 0 Å². The molecule has 20 heavy (non-hydrogen) atoms. The van der Waals surface area contributed by atoms with Crippen LogP contribution in [-0.4, -0.2) is 59.0 Å². The maximum atomic E-state index is 12.6. The highest BCUT2D eigenvalue weighted by atomic mass is 16.4. The Bertz CT molecular complexity index is 489. The van der Waals surface area contributed by atoms with Gasteiger partial charge >= 0.3 is 5.97 Å². The minimum Gasteiger partial charge on any atom is -0.481 e. The molecule has 1 N–H and O–H groups in total. The number of nitrogens with zero attached hydrogens (tertiary/aromatic N) is 2. The number of piperazine rings is 1. The van der Waals surface area contributed by atoms with Crippen LogP contribution in [0.15, 0.2) is 30.3 Å². The van der Waals surface area contributed by atoms with Crippen molar-refractivity contribution in [1.29, 1.82) is 0 Å². The van der Waals surface area contributed by atoms with E-state index in [1.165, 1.54) is 0 Å². The smallest absolute Gasteiger partial charge is 0.305 e. The monoisotopic (exact) mass is 276 g/mol. The number of carbonyl (C=O) groups excluding carboxylic acids is 1. The first-order valence-electron chi connectivity index (χ1n) is 6.77. The summed E-state index contributed by atoms with van der Waals surface area (Å²) in [7, 11) is 1.96. The van der Waals surface area contributed by atoms with E-state index in [2.05, 4.69) is 4.90 Å². The predicted molar refractivity (Wildman–Crippen MR) is 75.6 cm³/mol. The number of carbonyl (C=O) groups is 2. The van der Waals surface area contributed by atoms with Crippen LogP contribution in [0.4, 0.5) is 0 Å².